The average Bonchev–Trinajstić information content (AvgIpc) is 2.76. The van der Waals surface area contributed by atoms with Crippen LogP contribution in [-0.2, 0) is 13.0 Å². The molecule has 1 aromatic rings. The largest absolute Gasteiger partial charge is 0.309 e. The van der Waals surface area contributed by atoms with Gasteiger partial charge in [0.25, 0.3) is 0 Å². The smallest absolute Gasteiger partial charge is 0.0941 e. The van der Waals surface area contributed by atoms with Crippen LogP contribution in [-0.4, -0.2) is 35.6 Å². The molecule has 0 bridgehead atoms. The van der Waals surface area contributed by atoms with E-state index in [1.165, 1.54) is 62.4 Å². The zero-order valence-corrected chi connectivity index (χ0v) is 13.8. The molecular formula is C16H29N3S. The highest BCUT2D eigenvalue weighted by molar-refractivity contribution is 7.09. The van der Waals surface area contributed by atoms with Crippen LogP contribution in [0.25, 0.3) is 0 Å². The van der Waals surface area contributed by atoms with Crippen molar-refractivity contribution in [2.75, 3.05) is 19.6 Å². The van der Waals surface area contributed by atoms with Gasteiger partial charge in [0.2, 0.25) is 0 Å². The van der Waals surface area contributed by atoms with E-state index in [4.69, 9.17) is 4.98 Å². The van der Waals surface area contributed by atoms with Gasteiger partial charge in [0, 0.05) is 30.9 Å². The van der Waals surface area contributed by atoms with Gasteiger partial charge in [-0.1, -0.05) is 19.8 Å². The van der Waals surface area contributed by atoms with E-state index in [1.54, 1.807) is 0 Å². The molecule has 1 fully saturated rings. The van der Waals surface area contributed by atoms with Crippen molar-refractivity contribution in [1.82, 2.24) is 15.2 Å². The Bertz CT molecular complexity index is 370. The Morgan fingerprint density at radius 3 is 2.75 bits per heavy atom. The van der Waals surface area contributed by atoms with Gasteiger partial charge in [-0.05, 0) is 39.3 Å². The van der Waals surface area contributed by atoms with Crippen LogP contribution < -0.4 is 5.32 Å². The van der Waals surface area contributed by atoms with Crippen LogP contribution in [0.3, 0.4) is 0 Å². The molecule has 1 atom stereocenters. The second-order valence-electron chi connectivity index (χ2n) is 5.93. The van der Waals surface area contributed by atoms with Crippen LogP contribution >= 0.6 is 11.3 Å². The molecule has 1 aliphatic heterocycles. The maximum atomic E-state index is 4.75. The fourth-order valence-electron chi connectivity index (χ4n) is 2.58. The predicted molar refractivity (Wildman–Crippen MR) is 87.3 cm³/mol. The highest BCUT2D eigenvalue weighted by Crippen LogP contribution is 2.14. The Labute approximate surface area is 127 Å². The molecule has 4 heteroatoms. The van der Waals surface area contributed by atoms with E-state index in [9.17, 15) is 0 Å². The number of aromatic nitrogens is 1. The summed E-state index contributed by atoms with van der Waals surface area (Å²) in [5.41, 5.74) is 1.21. The van der Waals surface area contributed by atoms with Gasteiger partial charge in [-0.15, -0.1) is 11.3 Å². The molecule has 20 heavy (non-hydrogen) atoms. The summed E-state index contributed by atoms with van der Waals surface area (Å²) in [7, 11) is 0. The molecule has 2 rings (SSSR count). The molecule has 114 valence electrons. The summed E-state index contributed by atoms with van der Waals surface area (Å²) in [4.78, 5) is 7.37. The van der Waals surface area contributed by atoms with Crippen LogP contribution in [0.1, 0.15) is 56.7 Å². The van der Waals surface area contributed by atoms with Crippen LogP contribution in [0.2, 0.25) is 0 Å². The van der Waals surface area contributed by atoms with Crippen molar-refractivity contribution in [3.05, 3.63) is 16.1 Å². The van der Waals surface area contributed by atoms with Crippen LogP contribution in [0, 0.1) is 0 Å². The Morgan fingerprint density at radius 1 is 1.30 bits per heavy atom. The summed E-state index contributed by atoms with van der Waals surface area (Å²) in [5, 5.41) is 7.03. The third-order valence-corrected chi connectivity index (χ3v) is 5.14. The van der Waals surface area contributed by atoms with Gasteiger partial charge < -0.3 is 10.2 Å². The molecule has 0 saturated carbocycles. The van der Waals surface area contributed by atoms with Crippen LogP contribution in [0.5, 0.6) is 0 Å². The minimum absolute atomic E-state index is 0.581. The molecule has 3 nitrogen and oxygen atoms in total. The summed E-state index contributed by atoms with van der Waals surface area (Å²) < 4.78 is 0. The van der Waals surface area contributed by atoms with E-state index in [0.29, 0.717) is 6.04 Å². The number of rotatable bonds is 7. The molecule has 1 unspecified atom stereocenters. The van der Waals surface area contributed by atoms with Crippen molar-refractivity contribution >= 4 is 11.3 Å². The predicted octanol–water partition coefficient (Wildman–Crippen LogP) is 3.45. The Kier molecular flexibility index (Phi) is 6.97. The second kappa shape index (κ2) is 8.75. The average molecular weight is 295 g/mol. The number of thiazole rings is 1. The SMILES string of the molecule is CCC(C)NCc1csc(CCN2CCCCCC2)n1. The fourth-order valence-corrected chi connectivity index (χ4v) is 3.37. The van der Waals surface area contributed by atoms with E-state index >= 15 is 0 Å². The van der Waals surface area contributed by atoms with E-state index in [2.05, 4.69) is 29.4 Å². The molecular weight excluding hydrogens is 266 g/mol. The molecule has 0 spiro atoms. The summed E-state index contributed by atoms with van der Waals surface area (Å²) in [6.07, 6.45) is 7.88. The van der Waals surface area contributed by atoms with Crippen LogP contribution in [0.4, 0.5) is 0 Å². The number of hydrogen-bond donors (Lipinski definition) is 1. The minimum Gasteiger partial charge on any atom is -0.309 e. The lowest BCUT2D eigenvalue weighted by Gasteiger charge is -2.18. The standard InChI is InChI=1S/C16H29N3S/c1-3-14(2)17-12-15-13-20-16(18-15)8-11-19-9-6-4-5-7-10-19/h13-14,17H,3-12H2,1-2H3. The quantitative estimate of drug-likeness (QED) is 0.835. The van der Waals surface area contributed by atoms with E-state index in [1.807, 2.05) is 11.3 Å². The Hall–Kier alpha value is -0.450. The first kappa shape index (κ1) is 15.9. The van der Waals surface area contributed by atoms with Gasteiger partial charge in [0.1, 0.15) is 0 Å². The summed E-state index contributed by atoms with van der Waals surface area (Å²) in [6, 6.07) is 0.581. The maximum Gasteiger partial charge on any atom is 0.0941 e. The number of nitrogens with one attached hydrogen (secondary N) is 1. The second-order valence-corrected chi connectivity index (χ2v) is 6.87. The lowest BCUT2D eigenvalue weighted by atomic mass is 10.2. The third kappa shape index (κ3) is 5.51. The first-order chi connectivity index (χ1) is 9.78. The van der Waals surface area contributed by atoms with Gasteiger partial charge in [-0.25, -0.2) is 4.98 Å². The molecule has 0 amide bonds. The molecule has 0 aromatic carbocycles. The van der Waals surface area contributed by atoms with Gasteiger partial charge >= 0.3 is 0 Å². The molecule has 0 aliphatic carbocycles. The Morgan fingerprint density at radius 2 is 2.05 bits per heavy atom. The third-order valence-electron chi connectivity index (χ3n) is 4.18. The first-order valence-electron chi connectivity index (χ1n) is 8.17. The van der Waals surface area contributed by atoms with Crippen molar-refractivity contribution < 1.29 is 0 Å². The molecule has 1 aliphatic rings. The minimum atomic E-state index is 0.581. The van der Waals surface area contributed by atoms with E-state index in [0.717, 1.165) is 13.0 Å². The molecule has 1 N–H and O–H groups in total. The zero-order chi connectivity index (χ0) is 14.2. The molecule has 1 saturated heterocycles. The molecule has 0 radical (unpaired) electrons. The maximum absolute atomic E-state index is 4.75. The van der Waals surface area contributed by atoms with E-state index < -0.39 is 0 Å². The monoisotopic (exact) mass is 295 g/mol. The summed E-state index contributed by atoms with van der Waals surface area (Å²) >= 11 is 1.82. The van der Waals surface area contributed by atoms with Gasteiger partial charge in [-0.3, -0.25) is 0 Å². The molecule has 1 aromatic heterocycles. The van der Waals surface area contributed by atoms with Gasteiger partial charge in [0.15, 0.2) is 0 Å². The van der Waals surface area contributed by atoms with Gasteiger partial charge in [0.05, 0.1) is 10.7 Å². The van der Waals surface area contributed by atoms with Crippen molar-refractivity contribution in [3.8, 4) is 0 Å². The number of hydrogen-bond acceptors (Lipinski definition) is 4. The zero-order valence-electron chi connectivity index (χ0n) is 13.0. The summed E-state index contributed by atoms with van der Waals surface area (Å²) in [5.74, 6) is 0. The highest BCUT2D eigenvalue weighted by atomic mass is 32.1. The first-order valence-corrected chi connectivity index (χ1v) is 9.05. The highest BCUT2D eigenvalue weighted by Gasteiger charge is 2.10. The van der Waals surface area contributed by atoms with E-state index in [-0.39, 0.29) is 0 Å². The van der Waals surface area contributed by atoms with Crippen LogP contribution in [0.15, 0.2) is 5.38 Å². The number of likely N-dealkylation sites (tertiary alicyclic amines) is 1. The lowest BCUT2D eigenvalue weighted by molar-refractivity contribution is 0.288. The van der Waals surface area contributed by atoms with Crippen molar-refractivity contribution in [2.45, 2.75) is 65.0 Å². The summed E-state index contributed by atoms with van der Waals surface area (Å²) in [6.45, 7) is 9.11. The van der Waals surface area contributed by atoms with Crippen molar-refractivity contribution in [2.24, 2.45) is 0 Å². The van der Waals surface area contributed by atoms with Gasteiger partial charge in [-0.2, -0.15) is 0 Å². The fraction of sp³-hybridized carbons (Fsp3) is 0.812. The lowest BCUT2D eigenvalue weighted by Crippen LogP contribution is -2.27. The normalized spacial score (nSPS) is 18.9. The topological polar surface area (TPSA) is 28.2 Å². The van der Waals surface area contributed by atoms with Crippen molar-refractivity contribution in [3.63, 3.8) is 0 Å². The number of nitrogens with zero attached hydrogens (tertiary/aromatic N) is 2. The Balaban J connectivity index is 1.71. The molecule has 2 heterocycles. The van der Waals surface area contributed by atoms with Crippen molar-refractivity contribution in [1.29, 1.82) is 0 Å².